The minimum absolute atomic E-state index is 0.334. The number of fused-ring (bicyclic) bond motifs is 1. The summed E-state index contributed by atoms with van der Waals surface area (Å²) in [5, 5.41) is 2.91. The van der Waals surface area contributed by atoms with Crippen molar-refractivity contribution in [3.05, 3.63) is 53.6 Å². The summed E-state index contributed by atoms with van der Waals surface area (Å²) in [7, 11) is -3.66. The van der Waals surface area contributed by atoms with Gasteiger partial charge in [-0.25, -0.2) is 8.42 Å². The van der Waals surface area contributed by atoms with E-state index in [4.69, 9.17) is 9.47 Å². The van der Waals surface area contributed by atoms with Crippen molar-refractivity contribution >= 4 is 21.6 Å². The maximum atomic E-state index is 12.9. The minimum atomic E-state index is -3.66. The van der Waals surface area contributed by atoms with Gasteiger partial charge in [-0.15, -0.1) is 0 Å². The van der Waals surface area contributed by atoms with Crippen LogP contribution < -0.4 is 19.1 Å². The molecule has 0 bridgehead atoms. The van der Waals surface area contributed by atoms with Gasteiger partial charge in [0.15, 0.2) is 11.5 Å². The molecule has 0 spiro atoms. The first-order chi connectivity index (χ1) is 14.2. The smallest absolute Gasteiger partial charge is 0.244 e. The van der Waals surface area contributed by atoms with Crippen molar-refractivity contribution in [3.63, 3.8) is 0 Å². The van der Waals surface area contributed by atoms with Crippen molar-refractivity contribution in [2.45, 2.75) is 39.3 Å². The van der Waals surface area contributed by atoms with Crippen LogP contribution in [0.1, 0.15) is 37.9 Å². The Morgan fingerprint density at radius 3 is 2.30 bits per heavy atom. The second-order valence-electron chi connectivity index (χ2n) is 7.39. The maximum absolute atomic E-state index is 12.9. The first-order valence-electron chi connectivity index (χ1n) is 9.99. The number of nitrogens with zero attached hydrogens (tertiary/aromatic N) is 1. The van der Waals surface area contributed by atoms with E-state index in [-0.39, 0.29) is 11.9 Å². The lowest BCUT2D eigenvalue weighted by Crippen LogP contribution is -2.48. The normalized spacial score (nSPS) is 15.2. The number of sulfonamides is 1. The highest BCUT2D eigenvalue weighted by atomic mass is 32.2. The molecule has 1 aliphatic rings. The number of amides is 1. The van der Waals surface area contributed by atoms with Crippen LogP contribution in [-0.4, -0.2) is 39.8 Å². The van der Waals surface area contributed by atoms with Crippen LogP contribution in [0.3, 0.4) is 0 Å². The quantitative estimate of drug-likeness (QED) is 0.727. The molecule has 0 radical (unpaired) electrons. The van der Waals surface area contributed by atoms with E-state index in [1.165, 1.54) is 0 Å². The Morgan fingerprint density at radius 2 is 1.70 bits per heavy atom. The summed E-state index contributed by atoms with van der Waals surface area (Å²) in [5.74, 6) is 0.930. The molecule has 0 aromatic heterocycles. The van der Waals surface area contributed by atoms with Gasteiger partial charge in [-0.3, -0.25) is 9.10 Å². The molecular formula is C22H28N2O5S. The van der Waals surface area contributed by atoms with E-state index in [1.54, 1.807) is 19.1 Å². The van der Waals surface area contributed by atoms with Crippen molar-refractivity contribution < 1.29 is 22.7 Å². The lowest BCUT2D eigenvalue weighted by atomic mass is 10.1. The highest BCUT2D eigenvalue weighted by molar-refractivity contribution is 7.92. The van der Waals surface area contributed by atoms with E-state index in [0.29, 0.717) is 30.4 Å². The second kappa shape index (κ2) is 8.95. The summed E-state index contributed by atoms with van der Waals surface area (Å²) >= 11 is 0. The van der Waals surface area contributed by atoms with Crippen molar-refractivity contribution in [1.29, 1.82) is 0 Å². The molecule has 8 heteroatoms. The van der Waals surface area contributed by atoms with Gasteiger partial charge in [-0.05, 0) is 55.7 Å². The number of hydrogen-bond donors (Lipinski definition) is 1. The number of nitrogens with one attached hydrogen (secondary N) is 1. The molecule has 1 aliphatic heterocycles. The van der Waals surface area contributed by atoms with Gasteiger partial charge in [-0.2, -0.15) is 0 Å². The minimum Gasteiger partial charge on any atom is -0.486 e. The van der Waals surface area contributed by atoms with E-state index in [1.807, 2.05) is 44.2 Å². The molecular weight excluding hydrogens is 404 g/mol. The van der Waals surface area contributed by atoms with E-state index >= 15 is 0 Å². The number of carbonyl (C=O) groups is 1. The molecule has 7 nitrogen and oxygen atoms in total. The van der Waals surface area contributed by atoms with Gasteiger partial charge in [-0.1, -0.05) is 25.1 Å². The highest BCUT2D eigenvalue weighted by Crippen LogP contribution is 2.32. The number of benzene rings is 2. The lowest BCUT2D eigenvalue weighted by molar-refractivity contribution is -0.122. The fourth-order valence-corrected chi connectivity index (χ4v) is 4.61. The van der Waals surface area contributed by atoms with Crippen LogP contribution in [0, 0.1) is 0 Å². The zero-order valence-corrected chi connectivity index (χ0v) is 18.5. The molecule has 1 amide bonds. The van der Waals surface area contributed by atoms with Gasteiger partial charge in [0.05, 0.1) is 18.0 Å². The Kier molecular flexibility index (Phi) is 6.55. The van der Waals surface area contributed by atoms with Gasteiger partial charge >= 0.3 is 0 Å². The molecule has 0 saturated carbocycles. The number of aryl methyl sites for hydroxylation is 1. The first kappa shape index (κ1) is 22.0. The second-order valence-corrected chi connectivity index (χ2v) is 9.25. The third kappa shape index (κ3) is 4.87. The van der Waals surface area contributed by atoms with Crippen LogP contribution in [0.2, 0.25) is 0 Å². The maximum Gasteiger partial charge on any atom is 0.244 e. The largest absolute Gasteiger partial charge is 0.486 e. The Balaban J connectivity index is 1.77. The number of rotatable bonds is 7. The molecule has 1 N–H and O–H groups in total. The number of carbonyl (C=O) groups excluding carboxylic acids is 1. The zero-order chi connectivity index (χ0) is 21.9. The van der Waals surface area contributed by atoms with Crippen molar-refractivity contribution in [3.8, 4) is 11.5 Å². The van der Waals surface area contributed by atoms with E-state index in [0.717, 1.165) is 28.1 Å². The third-order valence-corrected chi connectivity index (χ3v) is 6.35. The van der Waals surface area contributed by atoms with Crippen molar-refractivity contribution in [1.82, 2.24) is 5.32 Å². The van der Waals surface area contributed by atoms with Gasteiger partial charge in [0.2, 0.25) is 15.9 Å². The Morgan fingerprint density at radius 1 is 1.07 bits per heavy atom. The monoisotopic (exact) mass is 432 g/mol. The van der Waals surface area contributed by atoms with Gasteiger partial charge in [0.1, 0.15) is 19.3 Å². The summed E-state index contributed by atoms with van der Waals surface area (Å²) in [4.78, 5) is 12.9. The van der Waals surface area contributed by atoms with E-state index in [9.17, 15) is 13.2 Å². The molecule has 0 fully saturated rings. The molecule has 0 aliphatic carbocycles. The summed E-state index contributed by atoms with van der Waals surface area (Å²) in [5.41, 5.74) is 2.40. The molecule has 1 heterocycles. The van der Waals surface area contributed by atoms with E-state index in [2.05, 4.69) is 5.32 Å². The molecule has 3 rings (SSSR count). The van der Waals surface area contributed by atoms with E-state index < -0.39 is 16.1 Å². The van der Waals surface area contributed by atoms with Crippen LogP contribution >= 0.6 is 0 Å². The zero-order valence-electron chi connectivity index (χ0n) is 17.7. The molecule has 30 heavy (non-hydrogen) atoms. The first-order valence-corrected chi connectivity index (χ1v) is 11.8. The van der Waals surface area contributed by atoms with Crippen molar-refractivity contribution in [2.75, 3.05) is 23.8 Å². The predicted octanol–water partition coefficient (Wildman–Crippen LogP) is 3.05. The Bertz CT molecular complexity index is 1000. The van der Waals surface area contributed by atoms with Gasteiger partial charge in [0.25, 0.3) is 0 Å². The predicted molar refractivity (Wildman–Crippen MR) is 117 cm³/mol. The number of anilines is 1. The standard InChI is InChI=1S/C22H28N2O5S/c1-5-17-6-9-19(10-7-17)24(30(4,26)27)16(3)22(25)23-15(2)18-8-11-20-21(14-18)29-13-12-28-20/h6-11,14-16H,5,12-13H2,1-4H3,(H,23,25). The number of hydrogen-bond acceptors (Lipinski definition) is 5. The fraction of sp³-hybridized carbons (Fsp3) is 0.409. The summed E-state index contributed by atoms with van der Waals surface area (Å²) in [6, 6.07) is 11.5. The molecule has 2 atom stereocenters. The van der Waals surface area contributed by atoms with Crippen LogP contribution in [0.15, 0.2) is 42.5 Å². The summed E-state index contributed by atoms with van der Waals surface area (Å²) in [6.45, 7) is 6.45. The van der Waals surface area contributed by atoms with Crippen LogP contribution in [0.4, 0.5) is 5.69 Å². The third-order valence-electron chi connectivity index (χ3n) is 5.11. The summed E-state index contributed by atoms with van der Waals surface area (Å²) < 4.78 is 37.2. The van der Waals surface area contributed by atoms with Gasteiger partial charge in [0, 0.05) is 0 Å². The Hall–Kier alpha value is -2.74. The van der Waals surface area contributed by atoms with Crippen molar-refractivity contribution in [2.24, 2.45) is 0 Å². The highest BCUT2D eigenvalue weighted by Gasteiger charge is 2.30. The lowest BCUT2D eigenvalue weighted by Gasteiger charge is -2.29. The topological polar surface area (TPSA) is 84.9 Å². The molecule has 162 valence electrons. The Labute approximate surface area is 178 Å². The number of ether oxygens (including phenoxy) is 2. The average Bonchev–Trinajstić information content (AvgIpc) is 2.72. The molecule has 2 aromatic rings. The van der Waals surface area contributed by atoms with Crippen LogP contribution in [-0.2, 0) is 21.2 Å². The van der Waals surface area contributed by atoms with Crippen LogP contribution in [0.5, 0.6) is 11.5 Å². The fourth-order valence-electron chi connectivity index (χ4n) is 3.43. The van der Waals surface area contributed by atoms with Crippen LogP contribution in [0.25, 0.3) is 0 Å². The summed E-state index contributed by atoms with van der Waals surface area (Å²) in [6.07, 6.45) is 1.96. The average molecular weight is 433 g/mol. The molecule has 2 unspecified atom stereocenters. The molecule has 0 saturated heterocycles. The van der Waals surface area contributed by atoms with Gasteiger partial charge < -0.3 is 14.8 Å². The molecule has 2 aromatic carbocycles. The SMILES string of the molecule is CCc1ccc(N(C(C)C(=O)NC(C)c2ccc3c(c2)OCCO3)S(C)(=O)=O)cc1.